The fraction of sp³-hybridized carbons (Fsp3) is 0.536. The van der Waals surface area contributed by atoms with E-state index in [9.17, 15) is 9.90 Å². The number of benzene rings is 2. The number of rotatable bonds is 8. The van der Waals surface area contributed by atoms with Crippen LogP contribution in [0.15, 0.2) is 36.4 Å². The van der Waals surface area contributed by atoms with Crippen LogP contribution in [-0.4, -0.2) is 49.3 Å². The van der Waals surface area contributed by atoms with Gasteiger partial charge < -0.3 is 34.1 Å². The highest BCUT2D eigenvalue weighted by atomic mass is 16.7. The van der Waals surface area contributed by atoms with Crippen LogP contribution in [0.4, 0.5) is 0 Å². The molecule has 0 radical (unpaired) electrons. The third kappa shape index (κ3) is 6.69. The van der Waals surface area contributed by atoms with Crippen LogP contribution in [0.25, 0.3) is 0 Å². The van der Waals surface area contributed by atoms with E-state index in [2.05, 4.69) is 5.32 Å². The number of carbonyl (C=O) groups excluding carboxylic acids is 1. The average molecular weight is 500 g/mol. The predicted molar refractivity (Wildman–Crippen MR) is 134 cm³/mol. The Morgan fingerprint density at radius 1 is 1.17 bits per heavy atom. The third-order valence-corrected chi connectivity index (χ3v) is 6.07. The molecule has 2 atom stereocenters. The molecule has 2 aliphatic heterocycles. The van der Waals surface area contributed by atoms with E-state index >= 15 is 0 Å². The summed E-state index contributed by atoms with van der Waals surface area (Å²) in [6.45, 7) is 11.3. The van der Waals surface area contributed by atoms with Gasteiger partial charge in [-0.3, -0.25) is 4.79 Å². The van der Waals surface area contributed by atoms with Gasteiger partial charge in [0.15, 0.2) is 17.6 Å². The summed E-state index contributed by atoms with van der Waals surface area (Å²) in [5, 5.41) is 14.0. The average Bonchev–Trinajstić information content (AvgIpc) is 2.83. The molecule has 0 saturated carbocycles. The Hall–Kier alpha value is -2.81. The van der Waals surface area contributed by atoms with Gasteiger partial charge in [-0.25, -0.2) is 0 Å². The Morgan fingerprint density at radius 3 is 2.72 bits per heavy atom. The second-order valence-corrected chi connectivity index (χ2v) is 10.8. The molecule has 0 fully saturated rings. The molecule has 0 aromatic heterocycles. The van der Waals surface area contributed by atoms with Crippen LogP contribution in [0.2, 0.25) is 0 Å². The van der Waals surface area contributed by atoms with Crippen molar-refractivity contribution in [2.45, 2.75) is 65.6 Å². The molecule has 2 aromatic rings. The van der Waals surface area contributed by atoms with Gasteiger partial charge >= 0.3 is 5.97 Å². The van der Waals surface area contributed by atoms with Crippen molar-refractivity contribution < 1.29 is 33.6 Å². The molecule has 0 saturated heterocycles. The zero-order valence-corrected chi connectivity index (χ0v) is 21.8. The predicted octanol–water partition coefficient (Wildman–Crippen LogP) is 3.93. The van der Waals surface area contributed by atoms with Crippen molar-refractivity contribution in [3.63, 3.8) is 0 Å². The van der Waals surface area contributed by atoms with Crippen LogP contribution in [-0.2, 0) is 27.3 Å². The van der Waals surface area contributed by atoms with E-state index in [0.29, 0.717) is 37.8 Å². The Bertz CT molecular complexity index is 1080. The summed E-state index contributed by atoms with van der Waals surface area (Å²) in [6.07, 6.45) is -0.221. The summed E-state index contributed by atoms with van der Waals surface area (Å²) < 4.78 is 28.7. The lowest BCUT2D eigenvalue weighted by atomic mass is 9.97. The summed E-state index contributed by atoms with van der Waals surface area (Å²) in [5.41, 5.74) is 2.29. The number of hydrogen-bond acceptors (Lipinski definition) is 8. The van der Waals surface area contributed by atoms with Crippen LogP contribution in [0.5, 0.6) is 17.2 Å². The highest BCUT2D eigenvalue weighted by Gasteiger charge is 2.28. The molecule has 8 heteroatoms. The first-order valence-electron chi connectivity index (χ1n) is 12.4. The molecule has 2 N–H and O–H groups in total. The summed E-state index contributed by atoms with van der Waals surface area (Å²) in [4.78, 5) is 12.0. The maximum absolute atomic E-state index is 12.0. The van der Waals surface area contributed by atoms with Crippen LogP contribution in [0, 0.1) is 5.41 Å². The number of aliphatic hydroxyl groups excluding tert-OH is 1. The molecule has 196 valence electrons. The molecule has 0 amide bonds. The lowest BCUT2D eigenvalue weighted by Crippen LogP contribution is -2.36. The third-order valence-electron chi connectivity index (χ3n) is 6.07. The van der Waals surface area contributed by atoms with Gasteiger partial charge in [0.05, 0.1) is 18.1 Å². The number of esters is 1. The largest absolute Gasteiger partial charge is 0.486 e. The summed E-state index contributed by atoms with van der Waals surface area (Å²) in [7, 11) is 0. The van der Waals surface area contributed by atoms with Crippen LogP contribution < -0.4 is 19.5 Å². The van der Waals surface area contributed by atoms with E-state index in [4.69, 9.17) is 23.7 Å². The van der Waals surface area contributed by atoms with Crippen molar-refractivity contribution >= 4 is 5.97 Å². The van der Waals surface area contributed by atoms with Gasteiger partial charge in [-0.15, -0.1) is 0 Å². The monoisotopic (exact) mass is 499 g/mol. The highest BCUT2D eigenvalue weighted by molar-refractivity contribution is 5.75. The molecule has 2 heterocycles. The number of ether oxygens (including phenoxy) is 5. The van der Waals surface area contributed by atoms with Crippen LogP contribution in [0.3, 0.4) is 0 Å². The number of aliphatic hydroxyl groups is 1. The van der Waals surface area contributed by atoms with E-state index in [1.54, 1.807) is 0 Å². The number of carbonyl (C=O) groups is 1. The maximum Gasteiger partial charge on any atom is 0.311 e. The van der Waals surface area contributed by atoms with Gasteiger partial charge in [-0.05, 0) is 69.1 Å². The first kappa shape index (κ1) is 26.3. The molecule has 36 heavy (non-hydrogen) atoms. The Labute approximate surface area is 212 Å². The van der Waals surface area contributed by atoms with Gasteiger partial charge in [0.2, 0.25) is 5.79 Å². The van der Waals surface area contributed by atoms with Crippen LogP contribution in [0.1, 0.15) is 57.4 Å². The van der Waals surface area contributed by atoms with Crippen molar-refractivity contribution in [1.29, 1.82) is 0 Å². The summed E-state index contributed by atoms with van der Waals surface area (Å²) in [5.74, 6) is 1.23. The van der Waals surface area contributed by atoms with E-state index in [-0.39, 0.29) is 18.7 Å². The minimum Gasteiger partial charge on any atom is -0.486 e. The van der Waals surface area contributed by atoms with Gasteiger partial charge in [-0.2, -0.15) is 0 Å². The standard InChI is InChI=1S/C28H37NO7/c1-27(2,3)26(31)33-17-21-16-32-24-8-6-18(12-25(24)35-21)10-11-29-14-22(30)19-7-9-23-20(13-19)15-34-28(4,5)36-23/h6-9,12-13,21-22,29-30H,10-11,14-17H2,1-5H3/t21-,22-/m1/s1. The number of nitrogens with one attached hydrogen (secondary N) is 1. The minimum atomic E-state index is -0.637. The van der Waals surface area contributed by atoms with Gasteiger partial charge in [-0.1, -0.05) is 12.1 Å². The second-order valence-electron chi connectivity index (χ2n) is 10.8. The fourth-order valence-corrected chi connectivity index (χ4v) is 3.94. The Kier molecular flexibility index (Phi) is 7.78. The van der Waals surface area contributed by atoms with E-state index < -0.39 is 17.3 Å². The lowest BCUT2D eigenvalue weighted by molar-refractivity contribution is -0.180. The molecule has 8 nitrogen and oxygen atoms in total. The van der Waals surface area contributed by atoms with Crippen molar-refractivity contribution in [2.75, 3.05) is 26.3 Å². The van der Waals surface area contributed by atoms with Crippen molar-refractivity contribution in [3.8, 4) is 17.2 Å². The van der Waals surface area contributed by atoms with E-state index in [1.165, 1.54) is 0 Å². The molecular weight excluding hydrogens is 462 g/mol. The number of fused-ring (bicyclic) bond motifs is 2. The maximum atomic E-state index is 12.0. The fourth-order valence-electron chi connectivity index (χ4n) is 3.94. The van der Waals surface area contributed by atoms with Crippen molar-refractivity contribution in [2.24, 2.45) is 5.41 Å². The van der Waals surface area contributed by atoms with Gasteiger partial charge in [0.1, 0.15) is 19.0 Å². The molecule has 2 aromatic carbocycles. The molecule has 0 aliphatic carbocycles. The highest BCUT2D eigenvalue weighted by Crippen LogP contribution is 2.34. The van der Waals surface area contributed by atoms with E-state index in [0.717, 1.165) is 28.9 Å². The van der Waals surface area contributed by atoms with Crippen LogP contribution >= 0.6 is 0 Å². The Balaban J connectivity index is 1.24. The van der Waals surface area contributed by atoms with Crippen molar-refractivity contribution in [3.05, 3.63) is 53.1 Å². The van der Waals surface area contributed by atoms with Gasteiger partial charge in [0.25, 0.3) is 0 Å². The smallest absolute Gasteiger partial charge is 0.311 e. The number of hydrogen-bond donors (Lipinski definition) is 2. The quantitative estimate of drug-likeness (QED) is 0.417. The first-order chi connectivity index (χ1) is 17.0. The normalized spacial score (nSPS) is 19.1. The molecular formula is C28H37NO7. The lowest BCUT2D eigenvalue weighted by Gasteiger charge is -2.33. The molecule has 0 bridgehead atoms. The Morgan fingerprint density at radius 2 is 1.94 bits per heavy atom. The van der Waals surface area contributed by atoms with Crippen molar-refractivity contribution in [1.82, 2.24) is 5.32 Å². The van der Waals surface area contributed by atoms with E-state index in [1.807, 2.05) is 71.0 Å². The molecule has 4 rings (SSSR count). The topological polar surface area (TPSA) is 95.5 Å². The molecule has 0 unspecified atom stereocenters. The SMILES string of the molecule is CC1(C)OCc2cc([C@H](O)CNCCc3ccc4c(c3)O[C@@H](COC(=O)C(C)(C)C)CO4)ccc2O1. The summed E-state index contributed by atoms with van der Waals surface area (Å²) in [6, 6.07) is 11.6. The first-order valence-corrected chi connectivity index (χ1v) is 12.4. The van der Waals surface area contributed by atoms with Gasteiger partial charge in [0, 0.05) is 26.0 Å². The molecule has 2 aliphatic rings. The zero-order chi connectivity index (χ0) is 25.9. The minimum absolute atomic E-state index is 0.151. The second kappa shape index (κ2) is 10.7. The summed E-state index contributed by atoms with van der Waals surface area (Å²) >= 11 is 0. The zero-order valence-electron chi connectivity index (χ0n) is 21.8. The molecule has 0 spiro atoms.